The number of hydrogen-bond acceptors (Lipinski definition) is 5. The van der Waals surface area contributed by atoms with Gasteiger partial charge in [0, 0.05) is 11.4 Å². The molecule has 112 valence electrons. The van der Waals surface area contributed by atoms with Crippen LogP contribution in [0.15, 0.2) is 36.3 Å². The van der Waals surface area contributed by atoms with Crippen molar-refractivity contribution in [3.8, 4) is 0 Å². The van der Waals surface area contributed by atoms with E-state index in [9.17, 15) is 9.59 Å². The fraction of sp³-hybridized carbons (Fsp3) is 0.385. The summed E-state index contributed by atoms with van der Waals surface area (Å²) >= 11 is 0. The Morgan fingerprint density at radius 3 is 2.20 bits per heavy atom. The normalized spacial score (nSPS) is 11.4. The van der Waals surface area contributed by atoms with Crippen LogP contribution in [0.1, 0.15) is 20.8 Å². The number of carbonyl (C=O) groups is 2. The highest BCUT2D eigenvalue weighted by molar-refractivity contribution is 5.84. The molecule has 0 aromatic heterocycles. The van der Waals surface area contributed by atoms with E-state index in [0.717, 1.165) is 0 Å². The maximum absolute atomic E-state index is 11.6. The van der Waals surface area contributed by atoms with Gasteiger partial charge in [-0.2, -0.15) is 0 Å². The fourth-order valence-corrected chi connectivity index (χ4v) is 1.06. The van der Waals surface area contributed by atoms with Crippen molar-refractivity contribution in [1.82, 2.24) is 10.6 Å². The Morgan fingerprint density at radius 2 is 1.80 bits per heavy atom. The minimum absolute atomic E-state index is 0.127. The summed E-state index contributed by atoms with van der Waals surface area (Å²) in [6, 6.07) is 0. The SMILES string of the molecule is C=C(N)/C=C(/NC(=O)CNC(=O)OC(C)(C)C)C(=C)N. The summed E-state index contributed by atoms with van der Waals surface area (Å²) in [7, 11) is 0. The molecular weight excluding hydrogens is 260 g/mol. The van der Waals surface area contributed by atoms with Crippen LogP contribution in [0.3, 0.4) is 0 Å². The molecule has 0 unspecified atom stereocenters. The van der Waals surface area contributed by atoms with Gasteiger partial charge in [-0.05, 0) is 26.8 Å². The molecule has 2 amide bonds. The van der Waals surface area contributed by atoms with Crippen molar-refractivity contribution in [1.29, 1.82) is 0 Å². The number of ether oxygens (including phenoxy) is 1. The standard InChI is InChI=1S/C13H22N4O3/c1-8(14)6-10(9(2)15)17-11(18)7-16-12(19)20-13(3,4)5/h6H,1-2,7,14-15H2,3-5H3,(H,16,19)(H,17,18)/b10-6+. The molecule has 0 aromatic carbocycles. The van der Waals surface area contributed by atoms with Crippen molar-refractivity contribution in [3.05, 3.63) is 36.3 Å². The lowest BCUT2D eigenvalue weighted by Crippen LogP contribution is -2.40. The van der Waals surface area contributed by atoms with E-state index in [1.807, 2.05) is 0 Å². The maximum atomic E-state index is 11.6. The second-order valence-corrected chi connectivity index (χ2v) is 5.06. The lowest BCUT2D eigenvalue weighted by molar-refractivity contribution is -0.119. The predicted octanol–water partition coefficient (Wildman–Crippen LogP) is 0.456. The minimum Gasteiger partial charge on any atom is -0.444 e. The summed E-state index contributed by atoms with van der Waals surface area (Å²) in [5.74, 6) is -0.491. The first-order chi connectivity index (χ1) is 9.01. The molecule has 0 atom stereocenters. The van der Waals surface area contributed by atoms with Crippen molar-refractivity contribution >= 4 is 12.0 Å². The van der Waals surface area contributed by atoms with Crippen LogP contribution < -0.4 is 22.1 Å². The van der Waals surface area contributed by atoms with Gasteiger partial charge in [-0.25, -0.2) is 4.79 Å². The van der Waals surface area contributed by atoms with Crippen molar-refractivity contribution in [2.45, 2.75) is 26.4 Å². The second kappa shape index (κ2) is 7.22. The highest BCUT2D eigenvalue weighted by atomic mass is 16.6. The zero-order chi connectivity index (χ0) is 15.9. The lowest BCUT2D eigenvalue weighted by Gasteiger charge is -2.19. The molecule has 0 aromatic rings. The molecule has 0 bridgehead atoms. The number of allylic oxidation sites excluding steroid dienone is 1. The molecule has 0 radical (unpaired) electrons. The number of nitrogens with one attached hydrogen (secondary N) is 2. The van der Waals surface area contributed by atoms with Crippen LogP contribution in [0.2, 0.25) is 0 Å². The Hall–Kier alpha value is -2.44. The highest BCUT2D eigenvalue weighted by Gasteiger charge is 2.16. The zero-order valence-electron chi connectivity index (χ0n) is 12.1. The number of rotatable bonds is 5. The summed E-state index contributed by atoms with van der Waals surface area (Å²) < 4.78 is 4.98. The van der Waals surface area contributed by atoms with E-state index in [4.69, 9.17) is 16.2 Å². The highest BCUT2D eigenvalue weighted by Crippen LogP contribution is 2.06. The van der Waals surface area contributed by atoms with Crippen LogP contribution in [-0.4, -0.2) is 24.1 Å². The summed E-state index contributed by atoms with van der Waals surface area (Å²) in [5.41, 5.74) is 10.8. The molecule has 0 aliphatic heterocycles. The van der Waals surface area contributed by atoms with Crippen LogP contribution in [0.4, 0.5) is 4.79 Å². The smallest absolute Gasteiger partial charge is 0.408 e. The van der Waals surface area contributed by atoms with E-state index in [2.05, 4.69) is 23.8 Å². The number of carbonyl (C=O) groups excluding carboxylic acids is 2. The molecule has 20 heavy (non-hydrogen) atoms. The molecule has 0 aliphatic rings. The fourth-order valence-electron chi connectivity index (χ4n) is 1.06. The first kappa shape index (κ1) is 17.6. The maximum Gasteiger partial charge on any atom is 0.408 e. The van der Waals surface area contributed by atoms with Gasteiger partial charge in [0.1, 0.15) is 12.1 Å². The van der Waals surface area contributed by atoms with Gasteiger partial charge < -0.3 is 26.8 Å². The minimum atomic E-state index is -0.687. The van der Waals surface area contributed by atoms with E-state index in [-0.39, 0.29) is 23.6 Å². The van der Waals surface area contributed by atoms with E-state index in [1.165, 1.54) is 6.08 Å². The van der Waals surface area contributed by atoms with E-state index in [0.29, 0.717) is 0 Å². The quantitative estimate of drug-likeness (QED) is 0.546. The molecule has 7 nitrogen and oxygen atoms in total. The molecule has 0 rings (SSSR count). The third-order valence-electron chi connectivity index (χ3n) is 1.74. The number of nitrogens with two attached hydrogens (primary N) is 2. The molecule has 6 N–H and O–H groups in total. The van der Waals surface area contributed by atoms with Crippen molar-refractivity contribution in [2.75, 3.05) is 6.54 Å². The Bertz CT molecular complexity index is 447. The van der Waals surface area contributed by atoms with Gasteiger partial charge in [0.2, 0.25) is 5.91 Å². The lowest BCUT2D eigenvalue weighted by atomic mass is 10.2. The first-order valence-corrected chi connectivity index (χ1v) is 5.89. The van der Waals surface area contributed by atoms with Gasteiger partial charge in [-0.3, -0.25) is 4.79 Å². The molecule has 0 heterocycles. The molecule has 0 saturated heterocycles. The third kappa shape index (κ3) is 8.62. The van der Waals surface area contributed by atoms with Crippen molar-refractivity contribution in [2.24, 2.45) is 11.5 Å². The Labute approximate surface area is 118 Å². The predicted molar refractivity (Wildman–Crippen MR) is 77.1 cm³/mol. The number of amides is 2. The van der Waals surface area contributed by atoms with Crippen LogP contribution in [-0.2, 0) is 9.53 Å². The molecule has 0 spiro atoms. The number of hydrogen-bond donors (Lipinski definition) is 4. The molecule has 0 fully saturated rings. The van der Waals surface area contributed by atoms with Crippen LogP contribution in [0, 0.1) is 0 Å². The Balaban J connectivity index is 4.39. The van der Waals surface area contributed by atoms with Crippen molar-refractivity contribution in [3.63, 3.8) is 0 Å². The van der Waals surface area contributed by atoms with E-state index < -0.39 is 17.6 Å². The number of alkyl carbamates (subject to hydrolysis) is 1. The van der Waals surface area contributed by atoms with E-state index in [1.54, 1.807) is 20.8 Å². The Morgan fingerprint density at radius 1 is 1.25 bits per heavy atom. The van der Waals surface area contributed by atoms with Gasteiger partial charge in [0.15, 0.2) is 0 Å². The molecule has 0 saturated carbocycles. The largest absolute Gasteiger partial charge is 0.444 e. The summed E-state index contributed by atoms with van der Waals surface area (Å²) in [4.78, 5) is 23.0. The van der Waals surface area contributed by atoms with Gasteiger partial charge >= 0.3 is 6.09 Å². The molecule has 7 heteroatoms. The van der Waals surface area contributed by atoms with Gasteiger partial charge in [-0.15, -0.1) is 0 Å². The monoisotopic (exact) mass is 282 g/mol. The zero-order valence-corrected chi connectivity index (χ0v) is 12.1. The van der Waals surface area contributed by atoms with Crippen LogP contribution >= 0.6 is 0 Å². The van der Waals surface area contributed by atoms with Gasteiger partial charge in [0.25, 0.3) is 0 Å². The molecule has 0 aliphatic carbocycles. The first-order valence-electron chi connectivity index (χ1n) is 5.89. The van der Waals surface area contributed by atoms with Gasteiger partial charge in [0.05, 0.1) is 5.70 Å². The van der Waals surface area contributed by atoms with E-state index >= 15 is 0 Å². The van der Waals surface area contributed by atoms with Gasteiger partial charge in [-0.1, -0.05) is 13.2 Å². The molecular formula is C13H22N4O3. The average molecular weight is 282 g/mol. The summed E-state index contributed by atoms with van der Waals surface area (Å²) in [6.45, 7) is 11.8. The average Bonchev–Trinajstić information content (AvgIpc) is 2.22. The third-order valence-corrected chi connectivity index (χ3v) is 1.74. The summed E-state index contributed by atoms with van der Waals surface area (Å²) in [5, 5.41) is 4.76. The summed E-state index contributed by atoms with van der Waals surface area (Å²) in [6.07, 6.45) is 0.682. The second-order valence-electron chi connectivity index (χ2n) is 5.06. The topological polar surface area (TPSA) is 119 Å². The van der Waals surface area contributed by atoms with Crippen LogP contribution in [0.25, 0.3) is 0 Å². The Kier molecular flexibility index (Phi) is 6.34. The van der Waals surface area contributed by atoms with Crippen molar-refractivity contribution < 1.29 is 14.3 Å². The van der Waals surface area contributed by atoms with Crippen LogP contribution in [0.5, 0.6) is 0 Å².